The van der Waals surface area contributed by atoms with Gasteiger partial charge in [-0.2, -0.15) is 5.26 Å². The molecule has 3 rings (SSSR count). The number of hydrogen-bond acceptors (Lipinski definition) is 3. The Morgan fingerprint density at radius 1 is 1.32 bits per heavy atom. The predicted molar refractivity (Wildman–Crippen MR) is 121 cm³/mol. The molecule has 4 nitrogen and oxygen atoms in total. The molecule has 2 fully saturated rings. The third kappa shape index (κ3) is 3.94. The minimum Gasteiger partial charge on any atom is -0.331 e. The summed E-state index contributed by atoms with van der Waals surface area (Å²) in [6.45, 7) is 3.90. The van der Waals surface area contributed by atoms with E-state index >= 15 is 0 Å². The fourth-order valence-corrected chi connectivity index (χ4v) is 5.55. The van der Waals surface area contributed by atoms with Crippen molar-refractivity contribution in [2.45, 2.75) is 64.0 Å². The molecule has 1 aromatic carbocycles. The molecule has 1 saturated heterocycles. The molecule has 0 spiro atoms. The zero-order valence-electron chi connectivity index (χ0n) is 16.3. The largest absolute Gasteiger partial charge is 0.331 e. The molecule has 1 amide bonds. The van der Waals surface area contributed by atoms with Gasteiger partial charge in [0.05, 0.1) is 16.3 Å². The highest BCUT2D eigenvalue weighted by Gasteiger charge is 2.52. The molecule has 1 saturated carbocycles. The van der Waals surface area contributed by atoms with Gasteiger partial charge < -0.3 is 4.90 Å². The van der Waals surface area contributed by atoms with E-state index in [1.165, 1.54) is 25.7 Å². The summed E-state index contributed by atoms with van der Waals surface area (Å²) in [5, 5.41) is 11.0. The Hall–Kier alpha value is -1.16. The Balaban J connectivity index is 1.81. The van der Waals surface area contributed by atoms with Gasteiger partial charge in [0, 0.05) is 11.4 Å². The first-order valence-corrected chi connectivity index (χ1v) is 11.7. The number of benzene rings is 1. The molecule has 150 valence electrons. The van der Waals surface area contributed by atoms with Crippen molar-refractivity contribution in [3.63, 3.8) is 0 Å². The van der Waals surface area contributed by atoms with Crippen molar-refractivity contribution in [2.75, 3.05) is 10.2 Å². The number of nitrogens with zero attached hydrogens (tertiary/aromatic N) is 3. The van der Waals surface area contributed by atoms with Crippen LogP contribution in [0.1, 0.15) is 57.9 Å². The van der Waals surface area contributed by atoms with Crippen LogP contribution >= 0.6 is 39.7 Å². The lowest BCUT2D eigenvalue weighted by atomic mass is 9.82. The number of carbonyl (C=O) groups is 1. The van der Waals surface area contributed by atoms with E-state index in [-0.39, 0.29) is 11.9 Å². The van der Waals surface area contributed by atoms with Gasteiger partial charge in [-0.3, -0.25) is 9.69 Å². The summed E-state index contributed by atoms with van der Waals surface area (Å²) in [5.74, 6) is 0.733. The molecule has 28 heavy (non-hydrogen) atoms. The van der Waals surface area contributed by atoms with Crippen LogP contribution in [0.4, 0.5) is 5.69 Å². The highest BCUT2D eigenvalue weighted by atomic mass is 79.9. The maximum Gasteiger partial charge on any atom is 0.258 e. The first-order valence-electron chi connectivity index (χ1n) is 9.74. The van der Waals surface area contributed by atoms with Crippen LogP contribution in [0.25, 0.3) is 0 Å². The average Bonchev–Trinajstić information content (AvgIpc) is 2.85. The Morgan fingerprint density at radius 3 is 2.57 bits per heavy atom. The predicted octanol–water partition coefficient (Wildman–Crippen LogP) is 5.66. The maximum atomic E-state index is 13.2. The monoisotopic (exact) mass is 481 g/mol. The second kappa shape index (κ2) is 8.69. The number of thiocarbonyl (C=S) groups is 1. The van der Waals surface area contributed by atoms with Crippen molar-refractivity contribution >= 4 is 56.5 Å². The third-order valence-electron chi connectivity index (χ3n) is 5.98. The molecule has 1 aromatic rings. The first-order chi connectivity index (χ1) is 13.3. The number of nitriles is 1. The lowest BCUT2D eigenvalue weighted by Crippen LogP contribution is -2.51. The van der Waals surface area contributed by atoms with Crippen molar-refractivity contribution in [3.05, 3.63) is 28.8 Å². The highest BCUT2D eigenvalue weighted by molar-refractivity contribution is 9.09. The van der Waals surface area contributed by atoms with Gasteiger partial charge in [0.15, 0.2) is 5.11 Å². The van der Waals surface area contributed by atoms with E-state index in [1.54, 1.807) is 23.1 Å². The first kappa shape index (κ1) is 21.5. The van der Waals surface area contributed by atoms with Crippen molar-refractivity contribution in [1.29, 1.82) is 5.26 Å². The Morgan fingerprint density at radius 2 is 2.00 bits per heavy atom. The van der Waals surface area contributed by atoms with Gasteiger partial charge in [0.1, 0.15) is 11.6 Å². The molecule has 0 unspecified atom stereocenters. The van der Waals surface area contributed by atoms with E-state index < -0.39 is 5.54 Å². The van der Waals surface area contributed by atoms with Gasteiger partial charge in [-0.15, -0.1) is 0 Å². The van der Waals surface area contributed by atoms with E-state index in [0.29, 0.717) is 21.4 Å². The van der Waals surface area contributed by atoms with Crippen LogP contribution in [-0.2, 0) is 4.79 Å². The highest BCUT2D eigenvalue weighted by Crippen LogP contribution is 2.40. The SMILES string of the molecule is CC1(C)C(=O)N(c2ccc(C#N)c(Cl)c2)C(=S)N1C1CCC(CCCBr)CC1. The molecule has 0 N–H and O–H groups in total. The van der Waals surface area contributed by atoms with Crippen molar-refractivity contribution in [2.24, 2.45) is 5.92 Å². The molecule has 0 bridgehead atoms. The summed E-state index contributed by atoms with van der Waals surface area (Å²) < 4.78 is 0. The second-order valence-electron chi connectivity index (χ2n) is 8.13. The second-order valence-corrected chi connectivity index (χ2v) is 9.70. The van der Waals surface area contributed by atoms with Crippen molar-refractivity contribution in [3.8, 4) is 6.07 Å². The molecule has 7 heteroatoms. The summed E-state index contributed by atoms with van der Waals surface area (Å²) in [5.41, 5.74) is 0.326. The van der Waals surface area contributed by atoms with Crippen LogP contribution in [0.5, 0.6) is 0 Å². The zero-order valence-corrected chi connectivity index (χ0v) is 19.4. The van der Waals surface area contributed by atoms with Gasteiger partial charge in [0.2, 0.25) is 0 Å². The number of amides is 1. The topological polar surface area (TPSA) is 47.3 Å². The number of carbonyl (C=O) groups excluding carboxylic acids is 1. The lowest BCUT2D eigenvalue weighted by Gasteiger charge is -2.41. The van der Waals surface area contributed by atoms with Gasteiger partial charge in [-0.05, 0) is 88.7 Å². The fourth-order valence-electron chi connectivity index (χ4n) is 4.44. The van der Waals surface area contributed by atoms with E-state index in [2.05, 4.69) is 20.8 Å². The van der Waals surface area contributed by atoms with Crippen LogP contribution in [0.2, 0.25) is 5.02 Å². The molecule has 1 heterocycles. The van der Waals surface area contributed by atoms with E-state index in [9.17, 15) is 4.79 Å². The number of anilines is 1. The standard InChI is InChI=1S/C21H25BrClN3OS/c1-21(2)19(27)25(17-10-7-15(13-24)18(23)12-17)20(28)26(21)16-8-5-14(6-9-16)4-3-11-22/h7,10,12,14,16H,3-6,8-9,11H2,1-2H3. The molecule has 2 aliphatic rings. The summed E-state index contributed by atoms with van der Waals surface area (Å²) in [6, 6.07) is 7.36. The minimum absolute atomic E-state index is 0.0420. The van der Waals surface area contributed by atoms with Crippen molar-refractivity contribution < 1.29 is 4.79 Å². The number of halogens is 2. The fraction of sp³-hybridized carbons (Fsp3) is 0.571. The molecular formula is C21H25BrClN3OS. The molecule has 0 radical (unpaired) electrons. The van der Waals surface area contributed by atoms with Gasteiger partial charge >= 0.3 is 0 Å². The van der Waals surface area contributed by atoms with Gasteiger partial charge in [-0.25, -0.2) is 0 Å². The third-order valence-corrected chi connectivity index (χ3v) is 7.24. The molecule has 1 aliphatic heterocycles. The van der Waals surface area contributed by atoms with Gasteiger partial charge in [0.25, 0.3) is 5.91 Å². The lowest BCUT2D eigenvalue weighted by molar-refractivity contribution is -0.124. The van der Waals surface area contributed by atoms with Crippen LogP contribution in [-0.4, -0.2) is 32.8 Å². The molecular weight excluding hydrogens is 458 g/mol. The van der Waals surface area contributed by atoms with Crippen LogP contribution < -0.4 is 4.90 Å². The quantitative estimate of drug-likeness (QED) is 0.401. The summed E-state index contributed by atoms with van der Waals surface area (Å²) >= 11 is 15.5. The maximum absolute atomic E-state index is 13.2. The molecule has 1 aliphatic carbocycles. The van der Waals surface area contributed by atoms with Crippen LogP contribution in [0.3, 0.4) is 0 Å². The minimum atomic E-state index is -0.690. The van der Waals surface area contributed by atoms with Crippen LogP contribution in [0, 0.1) is 17.2 Å². The van der Waals surface area contributed by atoms with E-state index in [1.807, 2.05) is 19.9 Å². The average molecular weight is 483 g/mol. The van der Waals surface area contributed by atoms with E-state index in [4.69, 9.17) is 29.1 Å². The van der Waals surface area contributed by atoms with Gasteiger partial charge in [-0.1, -0.05) is 27.5 Å². The smallest absolute Gasteiger partial charge is 0.258 e. The molecule has 0 aromatic heterocycles. The summed E-state index contributed by atoms with van der Waals surface area (Å²) in [6.07, 6.45) is 6.97. The Labute approximate surface area is 185 Å². The number of hydrogen-bond donors (Lipinski definition) is 0. The Bertz CT molecular complexity index is 814. The number of alkyl halides is 1. The summed E-state index contributed by atoms with van der Waals surface area (Å²) in [7, 11) is 0. The Kier molecular flexibility index (Phi) is 6.69. The molecule has 0 atom stereocenters. The van der Waals surface area contributed by atoms with E-state index in [0.717, 1.165) is 24.1 Å². The van der Waals surface area contributed by atoms with Crippen molar-refractivity contribution in [1.82, 2.24) is 4.90 Å². The van der Waals surface area contributed by atoms with Crippen LogP contribution in [0.15, 0.2) is 18.2 Å². The number of rotatable bonds is 5. The normalized spacial score (nSPS) is 24.5. The zero-order chi connectivity index (χ0) is 20.5. The summed E-state index contributed by atoms with van der Waals surface area (Å²) in [4.78, 5) is 17.0.